The minimum atomic E-state index is -3.46. The quantitative estimate of drug-likeness (QED) is 0.523. The lowest BCUT2D eigenvalue weighted by molar-refractivity contribution is -0.134. The lowest BCUT2D eigenvalue weighted by atomic mass is 9.98. The van der Waals surface area contributed by atoms with Gasteiger partial charge in [0.2, 0.25) is 5.91 Å². The Labute approximate surface area is 182 Å². The average molecular weight is 445 g/mol. The Morgan fingerprint density at radius 3 is 2.71 bits per heavy atom. The topological polar surface area (TPSA) is 77.8 Å². The van der Waals surface area contributed by atoms with Crippen LogP contribution in [0.15, 0.2) is 54.6 Å². The van der Waals surface area contributed by atoms with Gasteiger partial charge in [0.05, 0.1) is 17.5 Å². The van der Waals surface area contributed by atoms with E-state index in [0.717, 1.165) is 17.4 Å². The number of likely N-dealkylation sites (tertiary alicyclic amines) is 1. The number of carboxylic acid groups (broad SMARTS) is 1. The van der Waals surface area contributed by atoms with E-state index in [2.05, 4.69) is 11.8 Å². The summed E-state index contributed by atoms with van der Waals surface area (Å²) in [5.41, 5.74) is -0.286. The fraction of sp³-hybridized carbons (Fsp3) is 0.304. The molecule has 0 aliphatic carbocycles. The highest BCUT2D eigenvalue weighted by molar-refractivity contribution is 7.14. The Morgan fingerprint density at radius 1 is 1.29 bits per heavy atom. The molecular weight excluding hydrogens is 424 g/mol. The van der Waals surface area contributed by atoms with E-state index < -0.39 is 24.0 Å². The van der Waals surface area contributed by atoms with Gasteiger partial charge in [0, 0.05) is 12.0 Å². The van der Waals surface area contributed by atoms with Crippen molar-refractivity contribution >= 4 is 23.2 Å². The van der Waals surface area contributed by atoms with E-state index in [9.17, 15) is 23.5 Å². The number of alkyl halides is 2. The van der Waals surface area contributed by atoms with Crippen molar-refractivity contribution in [3.05, 3.63) is 69.9 Å². The molecule has 2 heterocycles. The number of halogens is 2. The number of carboxylic acids is 1. The first kappa shape index (κ1) is 22.7. The van der Waals surface area contributed by atoms with Crippen LogP contribution in [0.1, 0.15) is 39.4 Å². The molecule has 2 N–H and O–H groups in total. The predicted molar refractivity (Wildman–Crippen MR) is 113 cm³/mol. The Kier molecular flexibility index (Phi) is 7.21. The summed E-state index contributed by atoms with van der Waals surface area (Å²) < 4.78 is 29.0. The van der Waals surface area contributed by atoms with Crippen molar-refractivity contribution in [1.82, 2.24) is 4.90 Å². The number of nitrogens with zero attached hydrogens (tertiary/aromatic N) is 1. The van der Waals surface area contributed by atoms with E-state index in [1.54, 1.807) is 12.1 Å². The molecule has 0 spiro atoms. The zero-order chi connectivity index (χ0) is 22.4. The van der Waals surface area contributed by atoms with Gasteiger partial charge in [-0.25, -0.2) is 4.79 Å². The van der Waals surface area contributed by atoms with E-state index in [-0.39, 0.29) is 22.9 Å². The highest BCUT2D eigenvalue weighted by atomic mass is 32.1. The van der Waals surface area contributed by atoms with Crippen LogP contribution in [0.5, 0.6) is 0 Å². The molecule has 0 unspecified atom stereocenters. The summed E-state index contributed by atoms with van der Waals surface area (Å²) in [5.74, 6) is 1.07. The first-order valence-electron chi connectivity index (χ1n) is 9.70. The number of thiophene rings is 1. The minimum absolute atomic E-state index is 0.0827. The second-order valence-electron chi connectivity index (χ2n) is 7.07. The maximum atomic E-state index is 14.5. The first-order chi connectivity index (χ1) is 14.8. The molecule has 0 radical (unpaired) electrons. The van der Waals surface area contributed by atoms with E-state index >= 15 is 0 Å². The number of aromatic carboxylic acids is 1. The van der Waals surface area contributed by atoms with Crippen LogP contribution in [0.2, 0.25) is 0 Å². The van der Waals surface area contributed by atoms with Crippen molar-refractivity contribution in [2.24, 2.45) is 0 Å². The maximum absolute atomic E-state index is 14.5. The molecule has 1 fully saturated rings. The predicted octanol–water partition coefficient (Wildman–Crippen LogP) is 3.89. The van der Waals surface area contributed by atoms with Gasteiger partial charge >= 0.3 is 11.9 Å². The van der Waals surface area contributed by atoms with Gasteiger partial charge in [-0.05, 0) is 25.0 Å². The van der Waals surface area contributed by atoms with Gasteiger partial charge in [-0.3, -0.25) is 4.79 Å². The van der Waals surface area contributed by atoms with Gasteiger partial charge in [-0.1, -0.05) is 54.3 Å². The summed E-state index contributed by atoms with van der Waals surface area (Å²) in [6, 6.07) is 9.69. The summed E-state index contributed by atoms with van der Waals surface area (Å²) in [4.78, 5) is 25.5. The zero-order valence-corrected chi connectivity index (χ0v) is 17.3. The lowest BCUT2D eigenvalue weighted by Crippen LogP contribution is -2.43. The van der Waals surface area contributed by atoms with Gasteiger partial charge in [0.25, 0.3) is 0 Å². The standard InChI is InChI=1S/C23H21F2NO4S/c24-23(25,16-6-2-1-3-7-16)20(27)14-11-17-8-4-10-21(28)26(17)15-5-9-18-12-13-19(31-18)22(29)30/h1-3,6-7,11-14,17,20,27H,4,8,10,15H2,(H,29,30)/b14-11+/t17-,20+/m1/s1. The molecule has 0 saturated carbocycles. The van der Waals surface area contributed by atoms with Crippen LogP contribution in [0, 0.1) is 11.8 Å². The molecule has 1 amide bonds. The van der Waals surface area contributed by atoms with Crippen LogP contribution in [-0.2, 0) is 10.7 Å². The van der Waals surface area contributed by atoms with E-state index in [4.69, 9.17) is 5.11 Å². The lowest BCUT2D eigenvalue weighted by Gasteiger charge is -2.32. The van der Waals surface area contributed by atoms with Crippen LogP contribution in [0.25, 0.3) is 0 Å². The third-order valence-electron chi connectivity index (χ3n) is 4.93. The number of hydrogen-bond acceptors (Lipinski definition) is 4. The fourth-order valence-corrected chi connectivity index (χ4v) is 3.99. The molecule has 2 atom stereocenters. The summed E-state index contributed by atoms with van der Waals surface area (Å²) in [5, 5.41) is 19.0. The molecule has 1 aliphatic rings. The number of carbonyl (C=O) groups is 2. The number of piperidine rings is 1. The number of aliphatic hydroxyl groups excluding tert-OH is 1. The second-order valence-corrected chi connectivity index (χ2v) is 8.15. The van der Waals surface area contributed by atoms with E-state index in [1.807, 2.05) is 0 Å². The maximum Gasteiger partial charge on any atom is 0.345 e. The van der Waals surface area contributed by atoms with Gasteiger partial charge < -0.3 is 15.1 Å². The number of hydrogen-bond donors (Lipinski definition) is 2. The molecule has 1 aromatic carbocycles. The number of carbonyl (C=O) groups excluding carboxylic acids is 1. The van der Waals surface area contributed by atoms with Crippen molar-refractivity contribution < 1.29 is 28.6 Å². The average Bonchev–Trinajstić information content (AvgIpc) is 3.23. The Morgan fingerprint density at radius 2 is 2.03 bits per heavy atom. The van der Waals surface area contributed by atoms with Crippen LogP contribution in [0.3, 0.4) is 0 Å². The van der Waals surface area contributed by atoms with Crippen LogP contribution >= 0.6 is 11.3 Å². The monoisotopic (exact) mass is 445 g/mol. The third-order valence-corrected chi connectivity index (χ3v) is 5.92. The van der Waals surface area contributed by atoms with Gasteiger partial charge in [0.15, 0.2) is 0 Å². The molecule has 3 rings (SSSR count). The molecule has 1 aromatic heterocycles. The molecule has 31 heavy (non-hydrogen) atoms. The zero-order valence-electron chi connectivity index (χ0n) is 16.5. The SMILES string of the molecule is O=C(O)c1ccc(C#CCN2C(=O)CCC[C@@H]2/C=C/[C@H](O)C(F)(F)c2ccccc2)s1. The molecule has 0 bridgehead atoms. The minimum Gasteiger partial charge on any atom is -0.477 e. The Balaban J connectivity index is 1.69. The van der Waals surface area contributed by atoms with Gasteiger partial charge in [-0.2, -0.15) is 8.78 Å². The summed E-state index contributed by atoms with van der Waals surface area (Å²) in [7, 11) is 0. The van der Waals surface area contributed by atoms with Crippen LogP contribution in [-0.4, -0.2) is 45.7 Å². The van der Waals surface area contributed by atoms with Gasteiger partial charge in [0.1, 0.15) is 11.0 Å². The van der Waals surface area contributed by atoms with E-state index in [0.29, 0.717) is 24.1 Å². The molecular formula is C23H21F2NO4S. The number of benzene rings is 1. The number of amides is 1. The van der Waals surface area contributed by atoms with Gasteiger partial charge in [-0.15, -0.1) is 11.3 Å². The van der Waals surface area contributed by atoms with Crippen molar-refractivity contribution in [3.63, 3.8) is 0 Å². The van der Waals surface area contributed by atoms with Crippen molar-refractivity contribution in [1.29, 1.82) is 0 Å². The van der Waals surface area contributed by atoms with Crippen molar-refractivity contribution in [3.8, 4) is 11.8 Å². The summed E-state index contributed by atoms with van der Waals surface area (Å²) in [6.07, 6.45) is 1.99. The molecule has 162 valence electrons. The largest absolute Gasteiger partial charge is 0.477 e. The Bertz CT molecular complexity index is 1020. The van der Waals surface area contributed by atoms with E-state index in [1.165, 1.54) is 41.3 Å². The third kappa shape index (κ3) is 5.57. The molecule has 1 aliphatic heterocycles. The molecule has 1 saturated heterocycles. The van der Waals surface area contributed by atoms with Crippen LogP contribution in [0.4, 0.5) is 8.78 Å². The normalized spacial score (nSPS) is 18.0. The summed E-state index contributed by atoms with van der Waals surface area (Å²) >= 11 is 1.04. The number of aliphatic hydroxyl groups is 1. The Hall–Kier alpha value is -3.02. The van der Waals surface area contributed by atoms with Crippen molar-refractivity contribution in [2.45, 2.75) is 37.3 Å². The number of rotatable bonds is 6. The molecule has 8 heteroatoms. The molecule has 5 nitrogen and oxygen atoms in total. The summed E-state index contributed by atoms with van der Waals surface area (Å²) in [6.45, 7) is 0.0827. The first-order valence-corrected chi connectivity index (χ1v) is 10.5. The fourth-order valence-electron chi connectivity index (χ4n) is 3.27. The van der Waals surface area contributed by atoms with Crippen molar-refractivity contribution in [2.75, 3.05) is 6.54 Å². The highest BCUT2D eigenvalue weighted by Crippen LogP contribution is 2.32. The molecule has 2 aromatic rings. The second kappa shape index (κ2) is 9.86. The highest BCUT2D eigenvalue weighted by Gasteiger charge is 2.39. The van der Waals surface area contributed by atoms with Crippen LogP contribution < -0.4 is 0 Å². The smallest absolute Gasteiger partial charge is 0.345 e.